The quantitative estimate of drug-likeness (QED) is 0.719. The second-order valence-corrected chi connectivity index (χ2v) is 6.75. The Morgan fingerprint density at radius 2 is 1.91 bits per heavy atom. The monoisotopic (exact) mass is 326 g/mol. The van der Waals surface area contributed by atoms with Gasteiger partial charge in [0, 0.05) is 45.7 Å². The van der Waals surface area contributed by atoms with Gasteiger partial charge in [-0.1, -0.05) is 0 Å². The van der Waals surface area contributed by atoms with Crippen molar-refractivity contribution >= 4 is 11.8 Å². The van der Waals surface area contributed by atoms with E-state index in [0.717, 1.165) is 32.6 Å². The molecule has 1 N–H and O–H groups in total. The highest BCUT2D eigenvalue weighted by Gasteiger charge is 2.33. The lowest BCUT2D eigenvalue weighted by Gasteiger charge is -2.42. The third-order valence-corrected chi connectivity index (χ3v) is 4.81. The molecule has 2 heterocycles. The average molecular weight is 326 g/mol. The van der Waals surface area contributed by atoms with Gasteiger partial charge in [-0.25, -0.2) is 0 Å². The maximum Gasteiger partial charge on any atom is 0.236 e. The van der Waals surface area contributed by atoms with Crippen molar-refractivity contribution < 1.29 is 14.3 Å². The summed E-state index contributed by atoms with van der Waals surface area (Å²) in [6, 6.07) is 0.282. The fourth-order valence-electron chi connectivity index (χ4n) is 3.36. The van der Waals surface area contributed by atoms with Crippen LogP contribution in [0.1, 0.15) is 13.3 Å². The number of piperidine rings is 1. The summed E-state index contributed by atoms with van der Waals surface area (Å²) >= 11 is 0. The van der Waals surface area contributed by atoms with Gasteiger partial charge < -0.3 is 19.9 Å². The summed E-state index contributed by atoms with van der Waals surface area (Å²) in [6.45, 7) is 7.33. The Morgan fingerprint density at radius 3 is 2.52 bits per heavy atom. The molecule has 0 aromatic heterocycles. The van der Waals surface area contributed by atoms with E-state index in [2.05, 4.69) is 15.1 Å². The lowest BCUT2D eigenvalue weighted by atomic mass is 9.90. The molecule has 0 saturated carbocycles. The van der Waals surface area contributed by atoms with Gasteiger partial charge in [-0.05, 0) is 26.4 Å². The molecule has 2 aliphatic heterocycles. The van der Waals surface area contributed by atoms with Crippen LogP contribution in [-0.2, 0) is 14.3 Å². The largest absolute Gasteiger partial charge is 0.379 e. The first-order chi connectivity index (χ1) is 11.0. The Kier molecular flexibility index (Phi) is 6.80. The van der Waals surface area contributed by atoms with Gasteiger partial charge in [-0.2, -0.15) is 0 Å². The van der Waals surface area contributed by atoms with Crippen LogP contribution in [0.3, 0.4) is 0 Å². The Balaban J connectivity index is 1.87. The molecule has 0 aromatic carbocycles. The first-order valence-electron chi connectivity index (χ1n) is 8.46. The average Bonchev–Trinajstić information content (AvgIpc) is 2.53. The molecule has 0 aliphatic carbocycles. The number of amides is 2. The van der Waals surface area contributed by atoms with Crippen molar-refractivity contribution in [1.82, 2.24) is 20.0 Å². The van der Waals surface area contributed by atoms with Crippen molar-refractivity contribution in [2.75, 3.05) is 66.6 Å². The maximum atomic E-state index is 12.6. The van der Waals surface area contributed by atoms with Crippen molar-refractivity contribution in [1.29, 1.82) is 0 Å². The molecular weight excluding hydrogens is 296 g/mol. The third-order valence-electron chi connectivity index (χ3n) is 4.81. The molecule has 0 unspecified atom stereocenters. The molecule has 2 fully saturated rings. The van der Waals surface area contributed by atoms with Crippen molar-refractivity contribution in [2.24, 2.45) is 5.92 Å². The SMILES string of the molecule is CC(=O)NC[C@H]1CCN(C(=O)CN2CCOCC2)C[C@H]1N(C)C. The highest BCUT2D eigenvalue weighted by atomic mass is 16.5. The predicted molar refractivity (Wildman–Crippen MR) is 88.1 cm³/mol. The van der Waals surface area contributed by atoms with Crippen LogP contribution < -0.4 is 5.32 Å². The van der Waals surface area contributed by atoms with Gasteiger partial charge in [0.05, 0.1) is 19.8 Å². The number of morpholine rings is 1. The van der Waals surface area contributed by atoms with E-state index in [1.807, 2.05) is 19.0 Å². The van der Waals surface area contributed by atoms with Gasteiger partial charge in [0.1, 0.15) is 0 Å². The summed E-state index contributed by atoms with van der Waals surface area (Å²) in [5.41, 5.74) is 0. The number of likely N-dealkylation sites (tertiary alicyclic amines) is 1. The molecule has 2 aliphatic rings. The summed E-state index contributed by atoms with van der Waals surface area (Å²) in [5.74, 6) is 0.603. The summed E-state index contributed by atoms with van der Waals surface area (Å²) in [4.78, 5) is 30.0. The van der Waals surface area contributed by atoms with Crippen molar-refractivity contribution in [3.8, 4) is 0 Å². The Hall–Kier alpha value is -1.18. The van der Waals surface area contributed by atoms with E-state index < -0.39 is 0 Å². The van der Waals surface area contributed by atoms with Crippen LogP contribution in [0.5, 0.6) is 0 Å². The number of carbonyl (C=O) groups excluding carboxylic acids is 2. The van der Waals surface area contributed by atoms with Crippen LogP contribution in [0.2, 0.25) is 0 Å². The minimum absolute atomic E-state index is 0.00771. The molecule has 0 aromatic rings. The number of nitrogens with one attached hydrogen (secondary N) is 1. The lowest BCUT2D eigenvalue weighted by molar-refractivity contribution is -0.136. The minimum Gasteiger partial charge on any atom is -0.379 e. The first-order valence-corrected chi connectivity index (χ1v) is 8.46. The van der Waals surface area contributed by atoms with E-state index in [1.165, 1.54) is 0 Å². The standard InChI is InChI=1S/C16H30N4O3/c1-13(21)17-10-14-4-5-20(11-15(14)18(2)3)16(22)12-19-6-8-23-9-7-19/h14-15H,4-12H2,1-3H3,(H,17,21)/t14-,15-/m1/s1. The van der Waals surface area contributed by atoms with Crippen LogP contribution in [0, 0.1) is 5.92 Å². The molecule has 0 bridgehead atoms. The number of carbonyl (C=O) groups is 2. The fraction of sp³-hybridized carbons (Fsp3) is 0.875. The molecule has 2 amide bonds. The van der Waals surface area contributed by atoms with E-state index in [1.54, 1.807) is 6.92 Å². The number of ether oxygens (including phenoxy) is 1. The number of hydrogen-bond acceptors (Lipinski definition) is 5. The zero-order chi connectivity index (χ0) is 16.8. The Labute approximate surface area is 138 Å². The summed E-state index contributed by atoms with van der Waals surface area (Å²) in [7, 11) is 4.09. The maximum absolute atomic E-state index is 12.6. The highest BCUT2D eigenvalue weighted by molar-refractivity contribution is 5.78. The lowest BCUT2D eigenvalue weighted by Crippen LogP contribution is -2.56. The van der Waals surface area contributed by atoms with Crippen LogP contribution in [-0.4, -0.2) is 99.1 Å². The van der Waals surface area contributed by atoms with Gasteiger partial charge in [-0.3, -0.25) is 14.5 Å². The van der Waals surface area contributed by atoms with Crippen LogP contribution in [0.25, 0.3) is 0 Å². The van der Waals surface area contributed by atoms with E-state index in [9.17, 15) is 9.59 Å². The molecule has 2 rings (SSSR count). The molecule has 132 valence electrons. The zero-order valence-electron chi connectivity index (χ0n) is 14.6. The van der Waals surface area contributed by atoms with E-state index in [0.29, 0.717) is 32.2 Å². The first kappa shape index (κ1) is 18.2. The second kappa shape index (κ2) is 8.61. The number of rotatable bonds is 5. The molecule has 0 radical (unpaired) electrons. The van der Waals surface area contributed by atoms with Crippen molar-refractivity contribution in [3.63, 3.8) is 0 Å². The van der Waals surface area contributed by atoms with Gasteiger partial charge in [-0.15, -0.1) is 0 Å². The molecule has 23 heavy (non-hydrogen) atoms. The van der Waals surface area contributed by atoms with Gasteiger partial charge >= 0.3 is 0 Å². The molecule has 2 saturated heterocycles. The number of hydrogen-bond donors (Lipinski definition) is 1. The third kappa shape index (κ3) is 5.44. The van der Waals surface area contributed by atoms with Gasteiger partial charge in [0.15, 0.2) is 0 Å². The fourth-order valence-corrected chi connectivity index (χ4v) is 3.36. The predicted octanol–water partition coefficient (Wildman–Crippen LogP) is -0.767. The summed E-state index contributed by atoms with van der Waals surface area (Å²) in [6.07, 6.45) is 0.929. The molecular formula is C16H30N4O3. The summed E-state index contributed by atoms with van der Waals surface area (Å²) < 4.78 is 5.33. The van der Waals surface area contributed by atoms with Gasteiger partial charge in [0.25, 0.3) is 0 Å². The normalized spacial score (nSPS) is 26.3. The van der Waals surface area contributed by atoms with Crippen LogP contribution >= 0.6 is 0 Å². The zero-order valence-corrected chi connectivity index (χ0v) is 14.6. The van der Waals surface area contributed by atoms with E-state index >= 15 is 0 Å². The minimum atomic E-state index is 0.00771. The topological polar surface area (TPSA) is 65.1 Å². The van der Waals surface area contributed by atoms with Crippen LogP contribution in [0.4, 0.5) is 0 Å². The summed E-state index contributed by atoms with van der Waals surface area (Å²) in [5, 5.41) is 2.92. The second-order valence-electron chi connectivity index (χ2n) is 6.75. The number of nitrogens with zero attached hydrogens (tertiary/aromatic N) is 3. The van der Waals surface area contributed by atoms with E-state index in [4.69, 9.17) is 4.74 Å². The Bertz CT molecular complexity index is 410. The Morgan fingerprint density at radius 1 is 1.22 bits per heavy atom. The van der Waals surface area contributed by atoms with Crippen LogP contribution in [0.15, 0.2) is 0 Å². The van der Waals surface area contributed by atoms with E-state index in [-0.39, 0.29) is 17.9 Å². The molecule has 7 nitrogen and oxygen atoms in total. The number of likely N-dealkylation sites (N-methyl/N-ethyl adjacent to an activating group) is 1. The molecule has 2 atom stereocenters. The van der Waals surface area contributed by atoms with Crippen molar-refractivity contribution in [2.45, 2.75) is 19.4 Å². The smallest absolute Gasteiger partial charge is 0.236 e. The molecule has 0 spiro atoms. The molecule has 7 heteroatoms. The van der Waals surface area contributed by atoms with Gasteiger partial charge in [0.2, 0.25) is 11.8 Å². The van der Waals surface area contributed by atoms with Crippen molar-refractivity contribution in [3.05, 3.63) is 0 Å². The highest BCUT2D eigenvalue weighted by Crippen LogP contribution is 2.21.